The van der Waals surface area contributed by atoms with E-state index in [9.17, 15) is 9.59 Å². The Bertz CT molecular complexity index is 432. The molecule has 0 aliphatic heterocycles. The largest absolute Gasteiger partial charge is 0.484 e. The van der Waals surface area contributed by atoms with Crippen LogP contribution in [0.5, 0.6) is 5.75 Å². The third kappa shape index (κ3) is 7.08. The van der Waals surface area contributed by atoms with E-state index in [1.54, 1.807) is 0 Å². The monoisotopic (exact) mass is 264 g/mol. The van der Waals surface area contributed by atoms with Crippen LogP contribution in [0.1, 0.15) is 18.9 Å². The minimum Gasteiger partial charge on any atom is -0.484 e. The molecule has 2 N–H and O–H groups in total. The zero-order valence-corrected chi connectivity index (χ0v) is 11.4. The average Bonchev–Trinajstić information content (AvgIpc) is 2.35. The lowest BCUT2D eigenvalue weighted by molar-refractivity contribution is -0.123. The summed E-state index contributed by atoms with van der Waals surface area (Å²) in [7, 11) is 0. The Morgan fingerprint density at radius 1 is 1.21 bits per heavy atom. The van der Waals surface area contributed by atoms with Gasteiger partial charge in [-0.3, -0.25) is 9.59 Å². The Hall–Kier alpha value is -2.04. The number of ether oxygens (including phenoxy) is 1. The van der Waals surface area contributed by atoms with Gasteiger partial charge in [0.25, 0.3) is 5.91 Å². The summed E-state index contributed by atoms with van der Waals surface area (Å²) in [5.41, 5.74) is 1.09. The van der Waals surface area contributed by atoms with Gasteiger partial charge in [0.15, 0.2) is 6.61 Å². The van der Waals surface area contributed by atoms with Crippen LogP contribution in [0.4, 0.5) is 0 Å². The van der Waals surface area contributed by atoms with Crippen molar-refractivity contribution >= 4 is 11.8 Å². The molecule has 0 aliphatic rings. The molecule has 0 radical (unpaired) electrons. The Morgan fingerprint density at radius 3 is 2.63 bits per heavy atom. The molecule has 0 spiro atoms. The highest BCUT2D eigenvalue weighted by molar-refractivity contribution is 5.77. The van der Waals surface area contributed by atoms with Gasteiger partial charge in [-0.1, -0.05) is 12.1 Å². The van der Waals surface area contributed by atoms with Crippen LogP contribution >= 0.6 is 0 Å². The number of hydrogen-bond donors (Lipinski definition) is 2. The normalized spacial score (nSPS) is 9.79. The lowest BCUT2D eigenvalue weighted by Crippen LogP contribution is -2.32. The molecule has 0 saturated carbocycles. The summed E-state index contributed by atoms with van der Waals surface area (Å²) in [6, 6.07) is 7.55. The van der Waals surface area contributed by atoms with Gasteiger partial charge in [0.05, 0.1) is 0 Å². The summed E-state index contributed by atoms with van der Waals surface area (Å²) < 4.78 is 5.36. The van der Waals surface area contributed by atoms with Crippen LogP contribution in [0, 0.1) is 6.92 Å². The van der Waals surface area contributed by atoms with Crippen molar-refractivity contribution in [1.29, 1.82) is 0 Å². The number of amides is 2. The molecule has 1 aromatic rings. The number of rotatable bonds is 7. The van der Waals surface area contributed by atoms with Gasteiger partial charge in [-0.15, -0.1) is 0 Å². The number of aryl methyl sites for hydroxylation is 1. The molecule has 2 amide bonds. The van der Waals surface area contributed by atoms with E-state index in [0.717, 1.165) is 5.56 Å². The number of carbonyl (C=O) groups excluding carboxylic acids is 2. The third-order valence-electron chi connectivity index (χ3n) is 2.41. The minimum absolute atomic E-state index is 0.00356. The van der Waals surface area contributed by atoms with E-state index in [-0.39, 0.29) is 18.4 Å². The maximum atomic E-state index is 11.5. The second kappa shape index (κ2) is 8.13. The molecule has 5 nitrogen and oxygen atoms in total. The fourth-order valence-corrected chi connectivity index (χ4v) is 1.49. The Balaban J connectivity index is 2.13. The van der Waals surface area contributed by atoms with Crippen molar-refractivity contribution in [3.63, 3.8) is 0 Å². The Morgan fingerprint density at radius 2 is 1.95 bits per heavy atom. The topological polar surface area (TPSA) is 67.4 Å². The summed E-state index contributed by atoms with van der Waals surface area (Å²) in [4.78, 5) is 22.1. The molecule has 0 atom stereocenters. The zero-order chi connectivity index (χ0) is 14.1. The molecule has 1 aromatic carbocycles. The summed E-state index contributed by atoms with van der Waals surface area (Å²) >= 11 is 0. The lowest BCUT2D eigenvalue weighted by atomic mass is 10.2. The van der Waals surface area contributed by atoms with E-state index >= 15 is 0 Å². The number of hydrogen-bond acceptors (Lipinski definition) is 3. The van der Waals surface area contributed by atoms with Crippen LogP contribution < -0.4 is 15.4 Å². The van der Waals surface area contributed by atoms with Crippen molar-refractivity contribution in [1.82, 2.24) is 10.6 Å². The second-order valence-electron chi connectivity index (χ2n) is 4.29. The molecule has 5 heteroatoms. The maximum Gasteiger partial charge on any atom is 0.257 e. The molecule has 0 fully saturated rings. The highest BCUT2D eigenvalue weighted by atomic mass is 16.5. The summed E-state index contributed by atoms with van der Waals surface area (Å²) in [6.07, 6.45) is 0.704. The van der Waals surface area contributed by atoms with Gasteiger partial charge in [0.2, 0.25) is 5.91 Å². The first-order valence-electron chi connectivity index (χ1n) is 6.28. The molecular formula is C14H20N2O3. The number of carbonyl (C=O) groups is 2. The van der Waals surface area contributed by atoms with Crippen LogP contribution in [0.3, 0.4) is 0 Å². The van der Waals surface area contributed by atoms with E-state index in [0.29, 0.717) is 25.3 Å². The average molecular weight is 264 g/mol. The summed E-state index contributed by atoms with van der Waals surface area (Å²) in [5, 5.41) is 5.39. The lowest BCUT2D eigenvalue weighted by Gasteiger charge is -2.08. The van der Waals surface area contributed by atoms with Crippen LogP contribution in [0.15, 0.2) is 24.3 Å². The van der Waals surface area contributed by atoms with Crippen molar-refractivity contribution in [2.24, 2.45) is 0 Å². The fourth-order valence-electron chi connectivity index (χ4n) is 1.49. The molecule has 0 saturated heterocycles. The van der Waals surface area contributed by atoms with Crippen LogP contribution in [-0.2, 0) is 9.59 Å². The van der Waals surface area contributed by atoms with Gasteiger partial charge >= 0.3 is 0 Å². The van der Waals surface area contributed by atoms with Gasteiger partial charge in [0, 0.05) is 20.0 Å². The van der Waals surface area contributed by atoms with E-state index in [1.807, 2.05) is 31.2 Å². The van der Waals surface area contributed by atoms with Crippen molar-refractivity contribution in [3.8, 4) is 5.75 Å². The standard InChI is InChI=1S/C14H20N2O3/c1-11-5-3-6-13(9-11)19-10-14(18)16-8-4-7-15-12(2)17/h3,5-6,9H,4,7-8,10H2,1-2H3,(H,15,17)(H,16,18). The molecule has 0 unspecified atom stereocenters. The molecule has 0 aromatic heterocycles. The molecule has 0 aliphatic carbocycles. The SMILES string of the molecule is CC(=O)NCCCNC(=O)COc1cccc(C)c1. The molecule has 1 rings (SSSR count). The predicted molar refractivity (Wildman–Crippen MR) is 73.0 cm³/mol. The van der Waals surface area contributed by atoms with Crippen molar-refractivity contribution < 1.29 is 14.3 Å². The zero-order valence-electron chi connectivity index (χ0n) is 11.4. The van der Waals surface area contributed by atoms with Crippen LogP contribution in [0.2, 0.25) is 0 Å². The molecule has 0 heterocycles. The molecular weight excluding hydrogens is 244 g/mol. The van der Waals surface area contributed by atoms with Crippen molar-refractivity contribution in [2.45, 2.75) is 20.3 Å². The van der Waals surface area contributed by atoms with Gasteiger partial charge in [-0.25, -0.2) is 0 Å². The van der Waals surface area contributed by atoms with Crippen LogP contribution in [0.25, 0.3) is 0 Å². The molecule has 104 valence electrons. The first-order chi connectivity index (χ1) is 9.08. The van der Waals surface area contributed by atoms with Crippen molar-refractivity contribution in [2.75, 3.05) is 19.7 Å². The Kier molecular flexibility index (Phi) is 6.43. The first-order valence-corrected chi connectivity index (χ1v) is 6.28. The first kappa shape index (κ1) is 15.0. The Labute approximate surface area is 113 Å². The smallest absolute Gasteiger partial charge is 0.257 e. The molecule has 0 bridgehead atoms. The molecule has 19 heavy (non-hydrogen) atoms. The third-order valence-corrected chi connectivity index (χ3v) is 2.41. The highest BCUT2D eigenvalue weighted by Gasteiger charge is 2.02. The van der Waals surface area contributed by atoms with Gasteiger partial charge in [-0.2, -0.15) is 0 Å². The fraction of sp³-hybridized carbons (Fsp3) is 0.429. The minimum atomic E-state index is -0.163. The van der Waals surface area contributed by atoms with E-state index < -0.39 is 0 Å². The summed E-state index contributed by atoms with van der Waals surface area (Å²) in [5.74, 6) is 0.465. The van der Waals surface area contributed by atoms with Gasteiger partial charge < -0.3 is 15.4 Å². The van der Waals surface area contributed by atoms with Gasteiger partial charge in [-0.05, 0) is 31.0 Å². The second-order valence-corrected chi connectivity index (χ2v) is 4.29. The predicted octanol–water partition coefficient (Wildman–Crippen LogP) is 1.02. The van der Waals surface area contributed by atoms with E-state index in [2.05, 4.69) is 10.6 Å². The summed E-state index contributed by atoms with van der Waals surface area (Å²) in [6.45, 7) is 4.53. The number of nitrogens with one attached hydrogen (secondary N) is 2. The highest BCUT2D eigenvalue weighted by Crippen LogP contribution is 2.11. The van der Waals surface area contributed by atoms with Crippen LogP contribution in [-0.4, -0.2) is 31.5 Å². The van der Waals surface area contributed by atoms with E-state index in [1.165, 1.54) is 6.92 Å². The quantitative estimate of drug-likeness (QED) is 0.722. The maximum absolute atomic E-state index is 11.5. The number of benzene rings is 1. The van der Waals surface area contributed by atoms with Crippen molar-refractivity contribution in [3.05, 3.63) is 29.8 Å². The van der Waals surface area contributed by atoms with E-state index in [4.69, 9.17) is 4.74 Å². The van der Waals surface area contributed by atoms with Gasteiger partial charge in [0.1, 0.15) is 5.75 Å².